The minimum Gasteiger partial charge on any atom is -0.247 e. The highest BCUT2D eigenvalue weighted by molar-refractivity contribution is 9.09. The number of rotatable bonds is 4. The molecule has 48 valence electrons. The molecule has 0 aromatic carbocycles. The topological polar surface area (TPSA) is 0 Å². The molecule has 0 amide bonds. The molecule has 0 radical (unpaired) electrons. The lowest BCUT2D eigenvalue weighted by Crippen LogP contribution is -1.98. The maximum absolute atomic E-state index is 12.2. The van der Waals surface area contributed by atoms with Crippen LogP contribution in [0.5, 0.6) is 0 Å². The van der Waals surface area contributed by atoms with Crippen LogP contribution in [0.2, 0.25) is 0 Å². The maximum atomic E-state index is 12.2. The van der Waals surface area contributed by atoms with Gasteiger partial charge in [0.05, 0.1) is 0 Å². The van der Waals surface area contributed by atoms with E-state index in [-0.39, 0.29) is 0 Å². The van der Waals surface area contributed by atoms with Crippen LogP contribution in [0, 0.1) is 0 Å². The number of hydrogen-bond acceptors (Lipinski definition) is 0. The van der Waals surface area contributed by atoms with Crippen LogP contribution in [0.1, 0.15) is 12.8 Å². The lowest BCUT2D eigenvalue weighted by atomic mass is 10.2. The first kappa shape index (κ1) is 8.15. The van der Waals surface area contributed by atoms with Gasteiger partial charge in [0, 0.05) is 5.33 Å². The average Bonchev–Trinajstić information content (AvgIpc) is 1.83. The Morgan fingerprint density at radius 2 is 2.38 bits per heavy atom. The molecule has 0 heterocycles. The number of hydrogen-bond donors (Lipinski definition) is 0. The smallest absolute Gasteiger partial charge is 0.110 e. The fourth-order valence-electron chi connectivity index (χ4n) is 0.376. The maximum Gasteiger partial charge on any atom is 0.110 e. The molecule has 0 rings (SSSR count). The third kappa shape index (κ3) is 4.31. The van der Waals surface area contributed by atoms with E-state index in [0.717, 1.165) is 6.42 Å². The van der Waals surface area contributed by atoms with Gasteiger partial charge in [0.2, 0.25) is 0 Å². The number of allylic oxidation sites excluding steroid dienone is 1. The summed E-state index contributed by atoms with van der Waals surface area (Å²) in [4.78, 5) is 0. The SMILES string of the molecule is C=CCCC(F)CBr. The van der Waals surface area contributed by atoms with E-state index in [1.54, 1.807) is 6.08 Å². The van der Waals surface area contributed by atoms with Gasteiger partial charge in [-0.05, 0) is 12.8 Å². The van der Waals surface area contributed by atoms with E-state index in [9.17, 15) is 4.39 Å². The Bertz CT molecular complexity index is 63.5. The van der Waals surface area contributed by atoms with Crippen molar-refractivity contribution in [3.05, 3.63) is 12.7 Å². The molecule has 1 unspecified atom stereocenters. The molecular weight excluding hydrogens is 171 g/mol. The average molecular weight is 181 g/mol. The summed E-state index contributed by atoms with van der Waals surface area (Å²) < 4.78 is 12.2. The molecule has 0 aliphatic heterocycles. The van der Waals surface area contributed by atoms with E-state index in [2.05, 4.69) is 22.5 Å². The summed E-state index contributed by atoms with van der Waals surface area (Å²) in [5.41, 5.74) is 0. The Balaban J connectivity index is 2.97. The lowest BCUT2D eigenvalue weighted by Gasteiger charge is -1.97. The minimum absolute atomic E-state index is 0.445. The van der Waals surface area contributed by atoms with Crippen LogP contribution in [0.15, 0.2) is 12.7 Å². The van der Waals surface area contributed by atoms with Crippen molar-refractivity contribution in [2.45, 2.75) is 19.0 Å². The van der Waals surface area contributed by atoms with Gasteiger partial charge in [0.25, 0.3) is 0 Å². The van der Waals surface area contributed by atoms with Gasteiger partial charge in [-0.1, -0.05) is 22.0 Å². The molecule has 0 bridgehead atoms. The van der Waals surface area contributed by atoms with Gasteiger partial charge in [-0.25, -0.2) is 4.39 Å². The van der Waals surface area contributed by atoms with Gasteiger partial charge in [-0.3, -0.25) is 0 Å². The third-order valence-corrected chi connectivity index (χ3v) is 1.55. The zero-order valence-corrected chi connectivity index (χ0v) is 6.33. The Labute approximate surface area is 57.9 Å². The molecule has 0 aromatic rings. The van der Waals surface area contributed by atoms with Crippen molar-refractivity contribution in [1.82, 2.24) is 0 Å². The quantitative estimate of drug-likeness (QED) is 0.462. The second-order valence-electron chi connectivity index (χ2n) is 1.62. The van der Waals surface area contributed by atoms with Crippen LogP contribution in [0.3, 0.4) is 0 Å². The molecule has 0 saturated carbocycles. The largest absolute Gasteiger partial charge is 0.247 e. The first-order valence-corrected chi connectivity index (χ1v) is 3.74. The molecule has 1 atom stereocenters. The summed E-state index contributed by atoms with van der Waals surface area (Å²) >= 11 is 3.04. The van der Waals surface area contributed by atoms with Crippen LogP contribution < -0.4 is 0 Å². The van der Waals surface area contributed by atoms with Crippen LogP contribution in [-0.2, 0) is 0 Å². The van der Waals surface area contributed by atoms with E-state index >= 15 is 0 Å². The summed E-state index contributed by atoms with van der Waals surface area (Å²) in [7, 11) is 0. The van der Waals surface area contributed by atoms with Crippen molar-refractivity contribution >= 4 is 15.9 Å². The minimum atomic E-state index is -0.701. The first-order chi connectivity index (χ1) is 3.81. The monoisotopic (exact) mass is 180 g/mol. The van der Waals surface area contributed by atoms with Crippen molar-refractivity contribution in [2.75, 3.05) is 5.33 Å². The highest BCUT2D eigenvalue weighted by atomic mass is 79.9. The molecule has 0 aromatic heterocycles. The van der Waals surface area contributed by atoms with Crippen molar-refractivity contribution in [2.24, 2.45) is 0 Å². The van der Waals surface area contributed by atoms with E-state index in [4.69, 9.17) is 0 Å². The highest BCUT2D eigenvalue weighted by Crippen LogP contribution is 2.04. The van der Waals surface area contributed by atoms with Crippen LogP contribution in [0.25, 0.3) is 0 Å². The highest BCUT2D eigenvalue weighted by Gasteiger charge is 1.99. The molecule has 0 fully saturated rings. The van der Waals surface area contributed by atoms with E-state index in [1.807, 2.05) is 0 Å². The lowest BCUT2D eigenvalue weighted by molar-refractivity contribution is 0.351. The molecule has 0 nitrogen and oxygen atoms in total. The van der Waals surface area contributed by atoms with E-state index < -0.39 is 6.17 Å². The Morgan fingerprint density at radius 3 is 2.75 bits per heavy atom. The van der Waals surface area contributed by atoms with Crippen LogP contribution >= 0.6 is 15.9 Å². The van der Waals surface area contributed by atoms with Gasteiger partial charge in [0.1, 0.15) is 6.17 Å². The van der Waals surface area contributed by atoms with Gasteiger partial charge in [0.15, 0.2) is 0 Å². The van der Waals surface area contributed by atoms with E-state index in [1.165, 1.54) is 0 Å². The molecule has 0 aliphatic carbocycles. The molecule has 8 heavy (non-hydrogen) atoms. The van der Waals surface area contributed by atoms with Crippen LogP contribution in [-0.4, -0.2) is 11.5 Å². The fraction of sp³-hybridized carbons (Fsp3) is 0.667. The summed E-state index contributed by atoms with van der Waals surface area (Å²) in [6.45, 7) is 3.48. The van der Waals surface area contributed by atoms with E-state index in [0.29, 0.717) is 11.8 Å². The fourth-order valence-corrected chi connectivity index (χ4v) is 0.700. The van der Waals surface area contributed by atoms with Gasteiger partial charge in [-0.15, -0.1) is 6.58 Å². The molecular formula is C6H10BrF. The molecule has 0 spiro atoms. The standard InChI is InChI=1S/C6H10BrF/c1-2-3-4-6(8)5-7/h2,6H,1,3-5H2. The van der Waals surface area contributed by atoms with Crippen molar-refractivity contribution in [3.8, 4) is 0 Å². The Hall–Kier alpha value is 0.150. The van der Waals surface area contributed by atoms with Gasteiger partial charge in [-0.2, -0.15) is 0 Å². The number of halogens is 2. The molecule has 0 saturated heterocycles. The second-order valence-corrected chi connectivity index (χ2v) is 2.27. The van der Waals surface area contributed by atoms with Gasteiger partial charge >= 0.3 is 0 Å². The van der Waals surface area contributed by atoms with Crippen molar-refractivity contribution < 1.29 is 4.39 Å². The summed E-state index contributed by atoms with van der Waals surface area (Å²) in [5, 5.41) is 0.445. The van der Waals surface area contributed by atoms with Gasteiger partial charge < -0.3 is 0 Å². The zero-order chi connectivity index (χ0) is 6.41. The second kappa shape index (κ2) is 5.29. The first-order valence-electron chi connectivity index (χ1n) is 2.62. The Morgan fingerprint density at radius 1 is 1.75 bits per heavy atom. The summed E-state index contributed by atoms with van der Waals surface area (Å²) in [6.07, 6.45) is 2.39. The molecule has 0 aliphatic rings. The molecule has 2 heteroatoms. The van der Waals surface area contributed by atoms with Crippen molar-refractivity contribution in [1.29, 1.82) is 0 Å². The normalized spacial score (nSPS) is 13.2. The Kier molecular flexibility index (Phi) is 5.39. The summed E-state index contributed by atoms with van der Waals surface area (Å²) in [6, 6.07) is 0. The predicted octanol–water partition coefficient (Wildman–Crippen LogP) is 2.69. The predicted molar refractivity (Wildman–Crippen MR) is 38.1 cm³/mol. The third-order valence-electron chi connectivity index (χ3n) is 0.851. The zero-order valence-electron chi connectivity index (χ0n) is 4.74. The summed E-state index contributed by atoms with van der Waals surface area (Å²) in [5.74, 6) is 0. The molecule has 0 N–H and O–H groups in total. The van der Waals surface area contributed by atoms with Crippen molar-refractivity contribution in [3.63, 3.8) is 0 Å². The van der Waals surface area contributed by atoms with Crippen LogP contribution in [0.4, 0.5) is 4.39 Å². The number of alkyl halides is 2.